The van der Waals surface area contributed by atoms with E-state index in [0.29, 0.717) is 0 Å². The van der Waals surface area contributed by atoms with Gasteiger partial charge in [0, 0.05) is 55.7 Å². The number of hydrogen-bond acceptors (Lipinski definition) is 3. The van der Waals surface area contributed by atoms with Gasteiger partial charge in [0.15, 0.2) is 5.71 Å². The Labute approximate surface area is 274 Å². The number of thioether (sulfide) groups is 1. The summed E-state index contributed by atoms with van der Waals surface area (Å²) in [5.41, 5.74) is 11.0. The standard InChI is InChI=1S/C40H44N2S2/c1-7-41-32-20-11-9-18-30(32)39(3,4)36(41)26-24-28-16-15-17-29(38(28)44-35-23-14-13-22-34(35)43)25-27-37-40(5,6)31-19-10-12-21-33(31)42(37)8-2/h9-14,18-27H,7-8,15-17H2,1-6H3/p+1. The van der Waals surface area contributed by atoms with Crippen molar-refractivity contribution in [1.29, 1.82) is 0 Å². The number of benzene rings is 3. The van der Waals surface area contributed by atoms with Gasteiger partial charge in [-0.15, -0.1) is 12.6 Å². The minimum absolute atomic E-state index is 0.0426. The second-order valence-corrected chi connectivity index (χ2v) is 14.5. The number of likely N-dealkylation sites (N-methyl/N-ethyl adjacent to an activating group) is 1. The van der Waals surface area contributed by atoms with Crippen LogP contribution in [0.25, 0.3) is 0 Å². The van der Waals surface area contributed by atoms with Gasteiger partial charge in [-0.3, -0.25) is 0 Å². The maximum Gasteiger partial charge on any atom is 0.209 e. The molecule has 44 heavy (non-hydrogen) atoms. The van der Waals surface area contributed by atoms with Crippen molar-refractivity contribution in [3.05, 3.63) is 130 Å². The Morgan fingerprint density at radius 1 is 0.818 bits per heavy atom. The van der Waals surface area contributed by atoms with E-state index >= 15 is 0 Å². The predicted molar refractivity (Wildman–Crippen MR) is 193 cm³/mol. The molecule has 0 saturated heterocycles. The highest BCUT2D eigenvalue weighted by Gasteiger charge is 2.43. The molecule has 226 valence electrons. The monoisotopic (exact) mass is 617 g/mol. The van der Waals surface area contributed by atoms with E-state index in [4.69, 9.17) is 12.6 Å². The Morgan fingerprint density at radius 3 is 2.27 bits per heavy atom. The van der Waals surface area contributed by atoms with Gasteiger partial charge in [-0.2, -0.15) is 4.58 Å². The first-order valence-corrected chi connectivity index (χ1v) is 17.3. The zero-order valence-electron chi connectivity index (χ0n) is 27.0. The van der Waals surface area contributed by atoms with Crippen molar-refractivity contribution in [2.45, 2.75) is 81.4 Å². The number of allylic oxidation sites excluding steroid dienone is 7. The highest BCUT2D eigenvalue weighted by Crippen LogP contribution is 2.48. The molecule has 3 aromatic rings. The molecule has 0 bridgehead atoms. The lowest BCUT2D eigenvalue weighted by Crippen LogP contribution is -2.27. The third-order valence-electron chi connectivity index (χ3n) is 9.67. The van der Waals surface area contributed by atoms with Crippen LogP contribution in [0.3, 0.4) is 0 Å². The Hall–Kier alpha value is -3.21. The van der Waals surface area contributed by atoms with Gasteiger partial charge in [0.1, 0.15) is 6.54 Å². The minimum atomic E-state index is -0.0426. The molecule has 0 N–H and O–H groups in total. The van der Waals surface area contributed by atoms with E-state index in [1.54, 1.807) is 0 Å². The smallest absolute Gasteiger partial charge is 0.209 e. The third-order valence-corrected chi connectivity index (χ3v) is 11.5. The fraction of sp³-hybridized carbons (Fsp3) is 0.325. The summed E-state index contributed by atoms with van der Waals surface area (Å²) in [6.07, 6.45) is 13.0. The van der Waals surface area contributed by atoms with Crippen LogP contribution in [0.15, 0.2) is 129 Å². The van der Waals surface area contributed by atoms with Crippen LogP contribution in [0, 0.1) is 0 Å². The molecule has 0 aromatic heterocycles. The van der Waals surface area contributed by atoms with E-state index in [1.807, 2.05) is 11.8 Å². The molecule has 0 radical (unpaired) electrons. The number of anilines is 1. The number of fused-ring (bicyclic) bond motifs is 2. The third kappa shape index (κ3) is 5.35. The normalized spacial score (nSPS) is 20.8. The SMILES string of the molecule is CCN1/C(=C/C=C2\CCCC(/C=C/C3=[N+](CC)c4ccccc4C3(C)C)=C2Sc2ccccc2S)C(C)(C)c2ccccc21. The van der Waals surface area contributed by atoms with Gasteiger partial charge in [-0.1, -0.05) is 86.3 Å². The quantitative estimate of drug-likeness (QED) is 0.208. The summed E-state index contributed by atoms with van der Waals surface area (Å²) in [7, 11) is 0. The lowest BCUT2D eigenvalue weighted by atomic mass is 9.81. The van der Waals surface area contributed by atoms with Crippen LogP contribution in [0.2, 0.25) is 0 Å². The molecule has 2 aliphatic heterocycles. The van der Waals surface area contributed by atoms with Crippen molar-refractivity contribution in [2.24, 2.45) is 0 Å². The van der Waals surface area contributed by atoms with Crippen LogP contribution in [0.4, 0.5) is 11.4 Å². The Balaban J connectivity index is 1.45. The molecule has 4 heteroatoms. The number of hydrogen-bond donors (Lipinski definition) is 1. The Bertz CT molecular complexity index is 1750. The number of nitrogens with zero attached hydrogens (tertiary/aromatic N) is 2. The molecule has 0 unspecified atom stereocenters. The first-order chi connectivity index (χ1) is 21.2. The highest BCUT2D eigenvalue weighted by atomic mass is 32.2. The van der Waals surface area contributed by atoms with E-state index in [9.17, 15) is 0 Å². The molecule has 3 aliphatic rings. The molecule has 0 amide bonds. The Kier molecular flexibility index (Phi) is 8.60. The largest absolute Gasteiger partial charge is 0.344 e. The van der Waals surface area contributed by atoms with Crippen molar-refractivity contribution < 1.29 is 4.58 Å². The second kappa shape index (κ2) is 12.3. The zero-order chi connectivity index (χ0) is 31.1. The van der Waals surface area contributed by atoms with Gasteiger partial charge in [-0.05, 0) is 87.9 Å². The summed E-state index contributed by atoms with van der Waals surface area (Å²) in [4.78, 5) is 6.10. The van der Waals surface area contributed by atoms with Crippen LogP contribution in [0.5, 0.6) is 0 Å². The fourth-order valence-corrected chi connectivity index (χ4v) is 8.77. The average molecular weight is 618 g/mol. The van der Waals surface area contributed by atoms with Crippen LogP contribution in [-0.2, 0) is 10.8 Å². The van der Waals surface area contributed by atoms with E-state index in [1.165, 1.54) is 54.9 Å². The van der Waals surface area contributed by atoms with Crippen molar-refractivity contribution in [3.63, 3.8) is 0 Å². The summed E-state index contributed by atoms with van der Waals surface area (Å²) >= 11 is 6.72. The van der Waals surface area contributed by atoms with Crippen molar-refractivity contribution >= 4 is 41.5 Å². The van der Waals surface area contributed by atoms with Crippen molar-refractivity contribution in [3.8, 4) is 0 Å². The molecule has 0 atom stereocenters. The molecular formula is C40H45N2S2+. The fourth-order valence-electron chi connectivity index (χ4n) is 7.33. The number of thiol groups is 1. The van der Waals surface area contributed by atoms with Crippen LogP contribution >= 0.6 is 24.4 Å². The van der Waals surface area contributed by atoms with E-state index < -0.39 is 0 Å². The summed E-state index contributed by atoms with van der Waals surface area (Å²) < 4.78 is 2.49. The topological polar surface area (TPSA) is 6.25 Å². The minimum Gasteiger partial charge on any atom is -0.344 e. The van der Waals surface area contributed by atoms with Gasteiger partial charge in [-0.25, -0.2) is 0 Å². The maximum atomic E-state index is 4.84. The van der Waals surface area contributed by atoms with E-state index in [-0.39, 0.29) is 10.8 Å². The molecule has 2 nitrogen and oxygen atoms in total. The first-order valence-electron chi connectivity index (χ1n) is 16.1. The zero-order valence-corrected chi connectivity index (χ0v) is 28.7. The van der Waals surface area contributed by atoms with Crippen LogP contribution < -0.4 is 4.90 Å². The van der Waals surface area contributed by atoms with Gasteiger partial charge in [0.05, 0.1) is 5.41 Å². The van der Waals surface area contributed by atoms with Crippen molar-refractivity contribution in [1.82, 2.24) is 0 Å². The summed E-state index contributed by atoms with van der Waals surface area (Å²) in [5, 5.41) is 0. The summed E-state index contributed by atoms with van der Waals surface area (Å²) in [5.74, 6) is 0. The lowest BCUT2D eigenvalue weighted by molar-refractivity contribution is -0.433. The summed E-state index contributed by atoms with van der Waals surface area (Å²) in [6, 6.07) is 26.3. The van der Waals surface area contributed by atoms with Gasteiger partial charge < -0.3 is 4.90 Å². The maximum absolute atomic E-state index is 4.84. The van der Waals surface area contributed by atoms with Crippen LogP contribution in [-0.4, -0.2) is 23.4 Å². The van der Waals surface area contributed by atoms with Gasteiger partial charge in [0.25, 0.3) is 0 Å². The summed E-state index contributed by atoms with van der Waals surface area (Å²) in [6.45, 7) is 15.9. The molecule has 0 saturated carbocycles. The molecule has 0 fully saturated rings. The van der Waals surface area contributed by atoms with Gasteiger partial charge in [0.2, 0.25) is 5.69 Å². The van der Waals surface area contributed by atoms with Crippen molar-refractivity contribution in [2.75, 3.05) is 18.0 Å². The molecule has 3 aromatic carbocycles. The van der Waals surface area contributed by atoms with E-state index in [0.717, 1.165) is 37.2 Å². The predicted octanol–water partition coefficient (Wildman–Crippen LogP) is 10.8. The lowest BCUT2D eigenvalue weighted by Gasteiger charge is -2.26. The second-order valence-electron chi connectivity index (χ2n) is 13.0. The number of rotatable bonds is 7. The number of para-hydroxylation sites is 2. The molecular weight excluding hydrogens is 573 g/mol. The first kappa shape index (κ1) is 30.8. The van der Waals surface area contributed by atoms with Crippen LogP contribution in [0.1, 0.15) is 71.9 Å². The highest BCUT2D eigenvalue weighted by molar-refractivity contribution is 8.03. The molecule has 6 rings (SSSR count). The molecule has 2 heterocycles. The Morgan fingerprint density at radius 2 is 1.52 bits per heavy atom. The van der Waals surface area contributed by atoms with E-state index in [2.05, 4.69) is 148 Å². The average Bonchev–Trinajstić information content (AvgIpc) is 3.38. The van der Waals surface area contributed by atoms with Gasteiger partial charge >= 0.3 is 0 Å². The molecule has 1 aliphatic carbocycles. The molecule has 0 spiro atoms.